The molecule has 0 radical (unpaired) electrons. The predicted octanol–water partition coefficient (Wildman–Crippen LogP) is 1.25. The Hall–Kier alpha value is -1.52. The average molecular weight is 209 g/mol. The van der Waals surface area contributed by atoms with Crippen LogP contribution in [0.4, 0.5) is 5.82 Å². The van der Waals surface area contributed by atoms with E-state index in [0.29, 0.717) is 24.1 Å². The number of methoxy groups -OCH3 is 1. The van der Waals surface area contributed by atoms with Crippen molar-refractivity contribution in [1.82, 2.24) is 9.97 Å². The van der Waals surface area contributed by atoms with Crippen LogP contribution in [0.1, 0.15) is 19.3 Å². The van der Waals surface area contributed by atoms with Gasteiger partial charge in [-0.1, -0.05) is 12.8 Å². The molecular formula is C10H15N3O2. The number of nitrogens with zero attached hydrogens (tertiary/aromatic N) is 2. The van der Waals surface area contributed by atoms with E-state index in [4.69, 9.17) is 15.2 Å². The summed E-state index contributed by atoms with van der Waals surface area (Å²) < 4.78 is 10.6. The molecule has 5 heteroatoms. The van der Waals surface area contributed by atoms with Crippen LogP contribution < -0.4 is 15.2 Å². The zero-order valence-electron chi connectivity index (χ0n) is 8.77. The average Bonchev–Trinajstić information content (AvgIpc) is 3.02. The number of nitrogen functional groups attached to an aromatic ring is 1. The lowest BCUT2D eigenvalue weighted by atomic mass is 10.3. The Morgan fingerprint density at radius 3 is 2.93 bits per heavy atom. The highest BCUT2D eigenvalue weighted by molar-refractivity contribution is 5.51. The molecule has 0 spiro atoms. The standard InChI is InChI=1S/C10H15N3O2/c1-14-8-9(11)12-6-13-10(8)15-5-4-7-2-3-7/h6-7H,2-5H2,1H3,(H2,11,12,13). The molecule has 82 valence electrons. The third kappa shape index (κ3) is 2.49. The highest BCUT2D eigenvalue weighted by atomic mass is 16.5. The fraction of sp³-hybridized carbons (Fsp3) is 0.600. The van der Waals surface area contributed by atoms with Crippen LogP contribution in [-0.4, -0.2) is 23.7 Å². The van der Waals surface area contributed by atoms with E-state index in [1.807, 2.05) is 0 Å². The minimum absolute atomic E-state index is 0.314. The van der Waals surface area contributed by atoms with E-state index < -0.39 is 0 Å². The molecule has 2 N–H and O–H groups in total. The quantitative estimate of drug-likeness (QED) is 0.790. The topological polar surface area (TPSA) is 70.3 Å². The maximum Gasteiger partial charge on any atom is 0.262 e. The molecule has 1 fully saturated rings. The van der Waals surface area contributed by atoms with Crippen molar-refractivity contribution in [3.8, 4) is 11.6 Å². The summed E-state index contributed by atoms with van der Waals surface area (Å²) in [5, 5.41) is 0. The van der Waals surface area contributed by atoms with Gasteiger partial charge in [0.1, 0.15) is 6.33 Å². The molecule has 0 unspecified atom stereocenters. The number of ether oxygens (including phenoxy) is 2. The molecule has 1 aromatic rings. The summed E-state index contributed by atoms with van der Waals surface area (Å²) in [5.74, 6) is 2.02. The molecule has 5 nitrogen and oxygen atoms in total. The summed E-state index contributed by atoms with van der Waals surface area (Å²) in [5.41, 5.74) is 5.62. The van der Waals surface area contributed by atoms with Crippen molar-refractivity contribution in [3.05, 3.63) is 6.33 Å². The Balaban J connectivity index is 1.95. The van der Waals surface area contributed by atoms with Crippen LogP contribution >= 0.6 is 0 Å². The van der Waals surface area contributed by atoms with Crippen LogP contribution in [0.25, 0.3) is 0 Å². The number of hydrogen-bond acceptors (Lipinski definition) is 5. The largest absolute Gasteiger partial charge is 0.489 e. The fourth-order valence-corrected chi connectivity index (χ4v) is 1.39. The number of rotatable bonds is 5. The number of nitrogens with two attached hydrogens (primary N) is 1. The van der Waals surface area contributed by atoms with E-state index in [1.54, 1.807) is 0 Å². The van der Waals surface area contributed by atoms with Crippen molar-refractivity contribution in [2.75, 3.05) is 19.5 Å². The van der Waals surface area contributed by atoms with Gasteiger partial charge in [0, 0.05) is 0 Å². The predicted molar refractivity (Wildman–Crippen MR) is 55.8 cm³/mol. The highest BCUT2D eigenvalue weighted by Gasteiger charge is 2.21. The Bertz CT molecular complexity index is 339. The zero-order chi connectivity index (χ0) is 10.7. The number of anilines is 1. The maximum absolute atomic E-state index is 5.62. The van der Waals surface area contributed by atoms with Gasteiger partial charge in [0.2, 0.25) is 5.75 Å². The molecule has 0 bridgehead atoms. The Labute approximate surface area is 88.6 Å². The second kappa shape index (κ2) is 4.33. The first kappa shape index (κ1) is 10.0. The lowest BCUT2D eigenvalue weighted by Gasteiger charge is -2.09. The van der Waals surface area contributed by atoms with E-state index in [1.165, 1.54) is 26.3 Å². The molecule has 1 saturated carbocycles. The van der Waals surface area contributed by atoms with Crippen LogP contribution in [-0.2, 0) is 0 Å². The van der Waals surface area contributed by atoms with Gasteiger partial charge >= 0.3 is 0 Å². The van der Waals surface area contributed by atoms with Gasteiger partial charge < -0.3 is 15.2 Å². The first-order valence-electron chi connectivity index (χ1n) is 5.08. The van der Waals surface area contributed by atoms with Gasteiger partial charge in [-0.15, -0.1) is 0 Å². The summed E-state index contributed by atoms with van der Waals surface area (Å²) in [7, 11) is 1.53. The van der Waals surface area contributed by atoms with E-state index >= 15 is 0 Å². The number of hydrogen-bond donors (Lipinski definition) is 1. The minimum Gasteiger partial charge on any atom is -0.489 e. The molecule has 0 aliphatic heterocycles. The smallest absolute Gasteiger partial charge is 0.262 e. The fourth-order valence-electron chi connectivity index (χ4n) is 1.39. The molecule has 1 aliphatic rings. The van der Waals surface area contributed by atoms with Gasteiger partial charge in [-0.2, -0.15) is 4.98 Å². The summed E-state index contributed by atoms with van der Waals surface area (Å²) in [6, 6.07) is 0. The molecule has 0 aromatic carbocycles. The second-order valence-electron chi connectivity index (χ2n) is 3.68. The monoisotopic (exact) mass is 209 g/mol. The number of aromatic nitrogens is 2. The highest BCUT2D eigenvalue weighted by Crippen LogP contribution is 2.33. The van der Waals surface area contributed by atoms with Gasteiger partial charge in [0.15, 0.2) is 5.82 Å². The molecule has 1 heterocycles. The Morgan fingerprint density at radius 2 is 2.27 bits per heavy atom. The third-order valence-corrected chi connectivity index (χ3v) is 2.46. The lowest BCUT2D eigenvalue weighted by Crippen LogP contribution is -2.04. The molecule has 1 aliphatic carbocycles. The molecule has 2 rings (SSSR count). The summed E-state index contributed by atoms with van der Waals surface area (Å²) in [4.78, 5) is 7.82. The van der Waals surface area contributed by atoms with Gasteiger partial charge in [-0.25, -0.2) is 4.98 Å². The summed E-state index contributed by atoms with van der Waals surface area (Å²) in [6.07, 6.45) is 5.11. The zero-order valence-corrected chi connectivity index (χ0v) is 8.77. The van der Waals surface area contributed by atoms with E-state index in [2.05, 4.69) is 9.97 Å². The Kier molecular flexibility index (Phi) is 2.89. The van der Waals surface area contributed by atoms with E-state index in [0.717, 1.165) is 12.3 Å². The van der Waals surface area contributed by atoms with E-state index in [-0.39, 0.29) is 0 Å². The minimum atomic E-state index is 0.314. The second-order valence-corrected chi connectivity index (χ2v) is 3.68. The van der Waals surface area contributed by atoms with Crippen molar-refractivity contribution >= 4 is 5.82 Å². The molecule has 15 heavy (non-hydrogen) atoms. The van der Waals surface area contributed by atoms with Crippen molar-refractivity contribution in [1.29, 1.82) is 0 Å². The van der Waals surface area contributed by atoms with Crippen molar-refractivity contribution < 1.29 is 9.47 Å². The summed E-state index contributed by atoms with van der Waals surface area (Å²) >= 11 is 0. The first-order chi connectivity index (χ1) is 7.31. The molecule has 0 amide bonds. The van der Waals surface area contributed by atoms with Crippen molar-refractivity contribution in [3.63, 3.8) is 0 Å². The molecule has 0 atom stereocenters. The van der Waals surface area contributed by atoms with Gasteiger partial charge in [0.25, 0.3) is 5.88 Å². The summed E-state index contributed by atoms with van der Waals surface area (Å²) in [6.45, 7) is 0.664. The normalized spacial score (nSPS) is 15.0. The maximum atomic E-state index is 5.62. The van der Waals surface area contributed by atoms with Gasteiger partial charge in [-0.05, 0) is 12.3 Å². The molecule has 0 saturated heterocycles. The van der Waals surface area contributed by atoms with Gasteiger partial charge in [-0.3, -0.25) is 0 Å². The Morgan fingerprint density at radius 1 is 1.47 bits per heavy atom. The van der Waals surface area contributed by atoms with Crippen molar-refractivity contribution in [2.24, 2.45) is 5.92 Å². The SMILES string of the molecule is COc1c(N)ncnc1OCCC1CC1. The lowest BCUT2D eigenvalue weighted by molar-refractivity contribution is 0.271. The van der Waals surface area contributed by atoms with Crippen LogP contribution in [0.5, 0.6) is 11.6 Å². The van der Waals surface area contributed by atoms with Crippen LogP contribution in [0, 0.1) is 5.92 Å². The molecular weight excluding hydrogens is 194 g/mol. The first-order valence-corrected chi connectivity index (χ1v) is 5.08. The third-order valence-electron chi connectivity index (χ3n) is 2.46. The molecule has 1 aromatic heterocycles. The van der Waals surface area contributed by atoms with Crippen molar-refractivity contribution in [2.45, 2.75) is 19.3 Å². The van der Waals surface area contributed by atoms with Gasteiger partial charge in [0.05, 0.1) is 13.7 Å². The van der Waals surface area contributed by atoms with Crippen LogP contribution in [0.3, 0.4) is 0 Å². The van der Waals surface area contributed by atoms with Crippen LogP contribution in [0.2, 0.25) is 0 Å². The van der Waals surface area contributed by atoms with E-state index in [9.17, 15) is 0 Å². The van der Waals surface area contributed by atoms with Crippen LogP contribution in [0.15, 0.2) is 6.33 Å².